The van der Waals surface area contributed by atoms with E-state index in [0.717, 1.165) is 16.8 Å². The normalized spacial score (nSPS) is 21.9. The first-order chi connectivity index (χ1) is 13.0. The van der Waals surface area contributed by atoms with Crippen LogP contribution in [0.4, 0.5) is 5.69 Å². The highest BCUT2D eigenvalue weighted by atomic mass is 16.2. The minimum Gasteiger partial charge on any atom is -0.326 e. The standard InChI is InChI=1S/C19H19N5O3/c1-3-15(25)21-13-7-5-6-11-12(13)10-14-17(11)22-19(27)18-20-8-9-24(14,18)23-16(26)4-2/h5-9H,3-4,10H2,1-2H3,(H2-,21,22,23,25,26,27)/p+1. The number of aliphatic imine (C=N–C) groups is 1. The summed E-state index contributed by atoms with van der Waals surface area (Å²) in [7, 11) is 0. The molecule has 138 valence electrons. The Labute approximate surface area is 156 Å². The summed E-state index contributed by atoms with van der Waals surface area (Å²) < 4.78 is -0.205. The fourth-order valence-corrected chi connectivity index (χ4v) is 3.62. The molecule has 1 aromatic rings. The molecule has 1 atom stereocenters. The summed E-state index contributed by atoms with van der Waals surface area (Å²) in [4.78, 5) is 40.9. The Bertz CT molecular complexity index is 976. The zero-order valence-electron chi connectivity index (χ0n) is 15.1. The maximum absolute atomic E-state index is 12.7. The number of amidine groups is 1. The Morgan fingerprint density at radius 3 is 2.74 bits per heavy atom. The number of quaternary nitrogens is 1. The molecule has 1 aliphatic carbocycles. The van der Waals surface area contributed by atoms with E-state index in [1.807, 2.05) is 18.2 Å². The number of anilines is 1. The van der Waals surface area contributed by atoms with Crippen LogP contribution in [0.25, 0.3) is 5.70 Å². The predicted octanol–water partition coefficient (Wildman–Crippen LogP) is 1.53. The van der Waals surface area contributed by atoms with Crippen molar-refractivity contribution < 1.29 is 19.0 Å². The van der Waals surface area contributed by atoms with Crippen molar-refractivity contribution in [1.29, 1.82) is 0 Å². The number of carbonyl (C=O) groups excluding carboxylic acids is 3. The highest BCUT2D eigenvalue weighted by Gasteiger charge is 2.54. The highest BCUT2D eigenvalue weighted by molar-refractivity contribution is 6.38. The number of allylic oxidation sites excluding steroid dienone is 1. The van der Waals surface area contributed by atoms with Gasteiger partial charge in [0.15, 0.2) is 11.9 Å². The fraction of sp³-hybridized carbons (Fsp3) is 0.263. The van der Waals surface area contributed by atoms with Gasteiger partial charge in [0, 0.05) is 24.1 Å². The Morgan fingerprint density at radius 1 is 1.22 bits per heavy atom. The van der Waals surface area contributed by atoms with E-state index < -0.39 is 0 Å². The number of hydrogen-bond acceptors (Lipinski definition) is 4. The molecule has 0 spiro atoms. The Balaban J connectivity index is 1.82. The van der Waals surface area contributed by atoms with E-state index >= 15 is 0 Å². The molecule has 3 aliphatic rings. The SMILES string of the molecule is CCC(=O)Nc1cccc2c1CC1=C2NC(=O)C2=NC=C[N+]21NC(=O)CC. The summed E-state index contributed by atoms with van der Waals surface area (Å²) in [6, 6.07) is 5.58. The van der Waals surface area contributed by atoms with Crippen LogP contribution in [0.5, 0.6) is 0 Å². The fourth-order valence-electron chi connectivity index (χ4n) is 3.62. The van der Waals surface area contributed by atoms with E-state index in [-0.39, 0.29) is 34.6 Å². The number of rotatable bonds is 4. The molecule has 0 fully saturated rings. The van der Waals surface area contributed by atoms with E-state index in [1.54, 1.807) is 20.0 Å². The molecule has 1 aromatic carbocycles. The first-order valence-corrected chi connectivity index (χ1v) is 8.93. The molecule has 8 nitrogen and oxygen atoms in total. The molecule has 2 heterocycles. The third kappa shape index (κ3) is 2.48. The Morgan fingerprint density at radius 2 is 2.00 bits per heavy atom. The Kier molecular flexibility index (Phi) is 3.92. The van der Waals surface area contributed by atoms with E-state index in [1.165, 1.54) is 6.20 Å². The lowest BCUT2D eigenvalue weighted by atomic mass is 10.1. The quantitative estimate of drug-likeness (QED) is 0.705. The molecule has 0 bridgehead atoms. The smallest absolute Gasteiger partial charge is 0.326 e. The number of nitrogens with one attached hydrogen (secondary N) is 3. The predicted molar refractivity (Wildman–Crippen MR) is 99.4 cm³/mol. The molecule has 1 unspecified atom stereocenters. The van der Waals surface area contributed by atoms with E-state index in [4.69, 9.17) is 0 Å². The van der Waals surface area contributed by atoms with Gasteiger partial charge in [0.2, 0.25) is 5.91 Å². The lowest BCUT2D eigenvalue weighted by Crippen LogP contribution is -2.64. The number of nitrogens with zero attached hydrogens (tertiary/aromatic N) is 2. The van der Waals surface area contributed by atoms with Crippen molar-refractivity contribution in [2.45, 2.75) is 33.1 Å². The maximum Gasteiger partial charge on any atom is 0.334 e. The lowest BCUT2D eigenvalue weighted by molar-refractivity contribution is -0.784. The third-order valence-electron chi connectivity index (χ3n) is 4.98. The van der Waals surface area contributed by atoms with Crippen LogP contribution in [0.15, 0.2) is 41.3 Å². The minimum atomic E-state index is -0.356. The summed E-state index contributed by atoms with van der Waals surface area (Å²) in [6.07, 6.45) is 4.37. The van der Waals surface area contributed by atoms with Gasteiger partial charge in [-0.1, -0.05) is 26.0 Å². The summed E-state index contributed by atoms with van der Waals surface area (Å²) in [6.45, 7) is 3.55. The van der Waals surface area contributed by atoms with E-state index in [2.05, 4.69) is 21.1 Å². The van der Waals surface area contributed by atoms with Gasteiger partial charge in [0.25, 0.3) is 5.91 Å². The first kappa shape index (κ1) is 17.2. The highest BCUT2D eigenvalue weighted by Crippen LogP contribution is 2.43. The molecular formula is C19H20N5O3+. The molecule has 2 aliphatic heterocycles. The van der Waals surface area contributed by atoms with Crippen LogP contribution in [-0.2, 0) is 20.8 Å². The minimum absolute atomic E-state index is 0.0798. The molecule has 0 radical (unpaired) electrons. The molecule has 3 amide bonds. The number of fused-ring (bicyclic) bond motifs is 4. The molecule has 3 N–H and O–H groups in total. The zero-order chi connectivity index (χ0) is 19.2. The summed E-state index contributed by atoms with van der Waals surface area (Å²) in [5, 5.41) is 5.82. The van der Waals surface area contributed by atoms with Crippen molar-refractivity contribution in [2.75, 3.05) is 5.32 Å². The van der Waals surface area contributed by atoms with Crippen molar-refractivity contribution in [3.05, 3.63) is 47.4 Å². The molecule has 0 saturated carbocycles. The average molecular weight is 366 g/mol. The van der Waals surface area contributed by atoms with Gasteiger partial charge >= 0.3 is 11.7 Å². The van der Waals surface area contributed by atoms with Crippen LogP contribution < -0.4 is 16.1 Å². The van der Waals surface area contributed by atoms with Crippen LogP contribution in [0.3, 0.4) is 0 Å². The maximum atomic E-state index is 12.7. The van der Waals surface area contributed by atoms with Gasteiger partial charge in [-0.25, -0.2) is 0 Å². The molecule has 8 heteroatoms. The number of carbonyl (C=O) groups is 3. The summed E-state index contributed by atoms with van der Waals surface area (Å²) in [5.41, 5.74) is 6.85. The van der Waals surface area contributed by atoms with E-state index in [9.17, 15) is 14.4 Å². The van der Waals surface area contributed by atoms with Crippen molar-refractivity contribution in [2.24, 2.45) is 4.99 Å². The second kappa shape index (κ2) is 6.17. The number of hydrogen-bond donors (Lipinski definition) is 3. The summed E-state index contributed by atoms with van der Waals surface area (Å²) in [5.74, 6) is -0.413. The van der Waals surface area contributed by atoms with Crippen molar-refractivity contribution in [3.63, 3.8) is 0 Å². The second-order valence-electron chi connectivity index (χ2n) is 6.55. The average Bonchev–Trinajstić information content (AvgIpc) is 3.25. The first-order valence-electron chi connectivity index (χ1n) is 8.93. The molecule has 0 saturated heterocycles. The molecule has 4 rings (SSSR count). The van der Waals surface area contributed by atoms with Crippen LogP contribution >= 0.6 is 0 Å². The molecule has 27 heavy (non-hydrogen) atoms. The number of benzene rings is 1. The van der Waals surface area contributed by atoms with Crippen molar-refractivity contribution in [1.82, 2.24) is 10.7 Å². The zero-order valence-corrected chi connectivity index (χ0v) is 15.1. The molecular weight excluding hydrogens is 346 g/mol. The van der Waals surface area contributed by atoms with Gasteiger partial charge < -0.3 is 10.6 Å². The summed E-state index contributed by atoms with van der Waals surface area (Å²) >= 11 is 0. The van der Waals surface area contributed by atoms with Crippen LogP contribution in [0.2, 0.25) is 0 Å². The molecule has 0 aromatic heterocycles. The largest absolute Gasteiger partial charge is 0.334 e. The third-order valence-corrected chi connectivity index (χ3v) is 4.98. The second-order valence-corrected chi connectivity index (χ2v) is 6.55. The van der Waals surface area contributed by atoms with Gasteiger partial charge in [0.05, 0.1) is 12.6 Å². The Hall–Kier alpha value is -3.26. The van der Waals surface area contributed by atoms with Gasteiger partial charge in [-0.05, 0) is 11.6 Å². The topological polar surface area (TPSA) is 99.7 Å². The van der Waals surface area contributed by atoms with Crippen LogP contribution in [0, 0.1) is 0 Å². The lowest BCUT2D eigenvalue weighted by Gasteiger charge is -2.34. The van der Waals surface area contributed by atoms with Crippen molar-refractivity contribution in [3.8, 4) is 0 Å². The monoisotopic (exact) mass is 366 g/mol. The van der Waals surface area contributed by atoms with Gasteiger partial charge in [-0.15, -0.1) is 4.59 Å². The van der Waals surface area contributed by atoms with Crippen molar-refractivity contribution >= 4 is 34.9 Å². The van der Waals surface area contributed by atoms with Gasteiger partial charge in [-0.2, -0.15) is 10.4 Å². The van der Waals surface area contributed by atoms with Crippen LogP contribution in [0.1, 0.15) is 37.8 Å². The van der Waals surface area contributed by atoms with Crippen LogP contribution in [-0.4, -0.2) is 28.1 Å². The van der Waals surface area contributed by atoms with Gasteiger partial charge in [0.1, 0.15) is 5.70 Å². The van der Waals surface area contributed by atoms with Gasteiger partial charge in [-0.3, -0.25) is 14.4 Å². The number of amides is 3. The van der Waals surface area contributed by atoms with E-state index in [0.29, 0.717) is 24.2 Å².